The first-order valence-corrected chi connectivity index (χ1v) is 6.90. The number of nitrogens with two attached hydrogens (primary N) is 1. The van der Waals surface area contributed by atoms with E-state index in [0.717, 1.165) is 10.8 Å². The predicted molar refractivity (Wildman–Crippen MR) is 73.6 cm³/mol. The number of nitrogen functional groups attached to an aromatic ring is 1. The van der Waals surface area contributed by atoms with E-state index < -0.39 is 48.0 Å². The molecule has 0 aliphatic carbocycles. The van der Waals surface area contributed by atoms with E-state index in [2.05, 4.69) is 10.1 Å². The molecule has 5 N–H and O–H groups in total. The largest absolute Gasteiger partial charge is 0.393 e. The van der Waals surface area contributed by atoms with Crippen LogP contribution < -0.4 is 5.73 Å². The number of aromatic nitrogens is 3. The summed E-state index contributed by atoms with van der Waals surface area (Å²) < 4.78 is 46.8. The molecule has 0 unspecified atom stereocenters. The van der Waals surface area contributed by atoms with E-state index in [-0.39, 0.29) is 11.3 Å². The number of fused-ring (bicyclic) bond motifs is 1. The minimum atomic E-state index is -3.45. The van der Waals surface area contributed by atoms with E-state index in [1.165, 1.54) is 6.07 Å². The first-order valence-electron chi connectivity index (χ1n) is 6.90. The van der Waals surface area contributed by atoms with E-state index in [0.29, 0.717) is 6.07 Å². The van der Waals surface area contributed by atoms with Crippen molar-refractivity contribution in [2.24, 2.45) is 0 Å². The number of hydrogen-bond acceptors (Lipinski definition) is 8. The highest BCUT2D eigenvalue weighted by Crippen LogP contribution is 2.47. The summed E-state index contributed by atoms with van der Waals surface area (Å²) in [5.74, 6) is -1.30. The molecule has 3 heterocycles. The lowest BCUT2D eigenvalue weighted by Gasteiger charge is -2.29. The fourth-order valence-electron chi connectivity index (χ4n) is 2.92. The first kappa shape index (κ1) is 17.4. The quantitative estimate of drug-likeness (QED) is 0.540. The number of rotatable bonds is 3. The van der Waals surface area contributed by atoms with Crippen molar-refractivity contribution in [2.45, 2.75) is 29.8 Å². The van der Waals surface area contributed by atoms with Crippen molar-refractivity contribution in [3.63, 3.8) is 0 Å². The zero-order valence-electron chi connectivity index (χ0n) is 12.3. The van der Waals surface area contributed by atoms with Gasteiger partial charge in [0.2, 0.25) is 5.60 Å². The maximum atomic E-state index is 14.2. The Kier molecular flexibility index (Phi) is 3.84. The fraction of sp³-hybridized carbons (Fsp3) is 0.462. The lowest BCUT2D eigenvalue weighted by atomic mass is 9.89. The molecule has 1 saturated heterocycles. The Labute approximate surface area is 137 Å². The average Bonchev–Trinajstić information content (AvgIpc) is 3.04. The van der Waals surface area contributed by atoms with Gasteiger partial charge in [0, 0.05) is 6.07 Å². The summed E-state index contributed by atoms with van der Waals surface area (Å²) in [6, 6.07) is 2.18. The lowest BCUT2D eigenvalue weighted by Crippen LogP contribution is -2.52. The molecule has 1 fully saturated rings. The summed E-state index contributed by atoms with van der Waals surface area (Å²) in [7, 11) is 0. The molecule has 0 spiro atoms. The Morgan fingerprint density at radius 2 is 2.12 bits per heavy atom. The topological polar surface area (TPSA) is 150 Å². The smallest absolute Gasteiger partial charge is 0.272 e. The van der Waals surface area contributed by atoms with Gasteiger partial charge >= 0.3 is 0 Å². The van der Waals surface area contributed by atoms with Crippen molar-refractivity contribution in [3.8, 4) is 6.07 Å². The summed E-state index contributed by atoms with van der Waals surface area (Å²) in [5, 5.41) is 42.8. The van der Waals surface area contributed by atoms with Crippen LogP contribution in [0.15, 0.2) is 12.4 Å². The highest BCUT2D eigenvalue weighted by molar-refractivity contribution is 5.67. The molecule has 0 aromatic carbocycles. The van der Waals surface area contributed by atoms with Gasteiger partial charge in [-0.15, -0.1) is 0 Å². The Bertz CT molecular complexity index is 871. The van der Waals surface area contributed by atoms with Crippen molar-refractivity contribution in [1.82, 2.24) is 14.6 Å². The van der Waals surface area contributed by atoms with Gasteiger partial charge in [0.25, 0.3) is 6.43 Å². The third kappa shape index (κ3) is 2.04. The molecule has 1 aliphatic rings. The Balaban J connectivity index is 2.28. The van der Waals surface area contributed by atoms with Gasteiger partial charge in [0.1, 0.15) is 30.1 Å². The molecular weight excluding hydrogens is 347 g/mol. The van der Waals surface area contributed by atoms with Gasteiger partial charge in [0.15, 0.2) is 17.2 Å². The van der Waals surface area contributed by atoms with E-state index in [1.807, 2.05) is 0 Å². The normalized spacial score (nSPS) is 32.4. The number of alkyl halides is 2. The molecule has 0 bridgehead atoms. The van der Waals surface area contributed by atoms with Gasteiger partial charge in [-0.05, 0) is 0 Å². The van der Waals surface area contributed by atoms with Crippen LogP contribution >= 0.6 is 0 Å². The van der Waals surface area contributed by atoms with Crippen LogP contribution in [0.3, 0.4) is 0 Å². The third-order valence-corrected chi connectivity index (χ3v) is 4.27. The van der Waals surface area contributed by atoms with Crippen LogP contribution in [0.25, 0.3) is 5.52 Å². The van der Waals surface area contributed by atoms with E-state index in [4.69, 9.17) is 10.5 Å². The Hall–Kier alpha value is -2.46. The zero-order chi connectivity index (χ0) is 18.6. The second-order valence-corrected chi connectivity index (χ2v) is 5.54. The van der Waals surface area contributed by atoms with Crippen molar-refractivity contribution in [1.29, 1.82) is 5.26 Å². The summed E-state index contributed by atoms with van der Waals surface area (Å²) in [4.78, 5) is 3.57. The summed E-state index contributed by atoms with van der Waals surface area (Å²) in [5.41, 5.74) is -0.885. The number of nitriles is 1. The van der Waals surface area contributed by atoms with E-state index >= 15 is 0 Å². The number of aliphatic hydroxyl groups excluding tert-OH is 3. The van der Waals surface area contributed by atoms with Gasteiger partial charge < -0.3 is 25.8 Å². The molecule has 3 rings (SSSR count). The summed E-state index contributed by atoms with van der Waals surface area (Å²) in [6.07, 6.45) is -7.09. The molecule has 0 radical (unpaired) electrons. The first-order chi connectivity index (χ1) is 11.7. The molecule has 2 aromatic rings. The molecule has 4 atom stereocenters. The maximum Gasteiger partial charge on any atom is 0.272 e. The minimum Gasteiger partial charge on any atom is -0.393 e. The van der Waals surface area contributed by atoms with Gasteiger partial charge in [-0.1, -0.05) is 0 Å². The highest BCUT2D eigenvalue weighted by Gasteiger charge is 2.68. The van der Waals surface area contributed by atoms with Gasteiger partial charge in [0.05, 0.1) is 12.3 Å². The lowest BCUT2D eigenvalue weighted by molar-refractivity contribution is -0.200. The van der Waals surface area contributed by atoms with Crippen LogP contribution in [0.2, 0.25) is 0 Å². The van der Waals surface area contributed by atoms with Crippen LogP contribution in [0.5, 0.6) is 0 Å². The van der Waals surface area contributed by atoms with Gasteiger partial charge in [-0.25, -0.2) is 22.7 Å². The molecule has 1 aliphatic heterocycles. The van der Waals surface area contributed by atoms with Gasteiger partial charge in [-0.3, -0.25) is 0 Å². The van der Waals surface area contributed by atoms with Crippen molar-refractivity contribution >= 4 is 11.3 Å². The van der Waals surface area contributed by atoms with Crippen molar-refractivity contribution < 1.29 is 33.2 Å². The van der Waals surface area contributed by atoms with Crippen LogP contribution in [0.4, 0.5) is 19.0 Å². The monoisotopic (exact) mass is 359 g/mol. The molecule has 9 nitrogen and oxygen atoms in total. The molecule has 0 saturated carbocycles. The predicted octanol–water partition coefficient (Wildman–Crippen LogP) is -1.08. The number of nitrogens with zero attached hydrogens (tertiary/aromatic N) is 4. The fourth-order valence-corrected chi connectivity index (χ4v) is 2.92. The van der Waals surface area contributed by atoms with Crippen LogP contribution in [0, 0.1) is 17.1 Å². The molecule has 0 amide bonds. The van der Waals surface area contributed by atoms with E-state index in [9.17, 15) is 33.8 Å². The Morgan fingerprint density at radius 1 is 1.44 bits per heavy atom. The second-order valence-electron chi connectivity index (χ2n) is 5.54. The molecule has 25 heavy (non-hydrogen) atoms. The van der Waals surface area contributed by atoms with Crippen molar-refractivity contribution in [3.05, 3.63) is 23.9 Å². The van der Waals surface area contributed by atoms with Crippen LogP contribution in [0.1, 0.15) is 5.69 Å². The molecular formula is C13H12F3N5O4. The second kappa shape index (κ2) is 5.53. The zero-order valence-corrected chi connectivity index (χ0v) is 12.3. The molecule has 2 aromatic heterocycles. The third-order valence-electron chi connectivity index (χ3n) is 4.27. The van der Waals surface area contributed by atoms with Gasteiger partial charge in [-0.2, -0.15) is 10.4 Å². The minimum absolute atomic E-state index is 0.304. The standard InChI is InChI=1S/C13H12F3N5O4/c14-5-1-6(21-7(5)10(18)19-4-20-21)12(2-17)8(23)9(24)13(3-22,25-12)11(15)16/h1,4,8-9,11,22-24H,3H2,(H2,18,19,20)/t8-,9+,12+,13-/m1/s1. The van der Waals surface area contributed by atoms with Crippen LogP contribution in [-0.4, -0.2) is 60.8 Å². The maximum absolute atomic E-state index is 14.2. The molecule has 12 heteroatoms. The number of halogens is 3. The summed E-state index contributed by atoms with van der Waals surface area (Å²) >= 11 is 0. The number of hydrogen-bond donors (Lipinski definition) is 4. The Morgan fingerprint density at radius 3 is 2.64 bits per heavy atom. The summed E-state index contributed by atoms with van der Waals surface area (Å²) in [6.45, 7) is -1.39. The van der Waals surface area contributed by atoms with E-state index in [1.54, 1.807) is 0 Å². The highest BCUT2D eigenvalue weighted by atomic mass is 19.3. The van der Waals surface area contributed by atoms with Crippen LogP contribution in [-0.2, 0) is 10.3 Å². The number of anilines is 1. The van der Waals surface area contributed by atoms with Crippen molar-refractivity contribution in [2.75, 3.05) is 12.3 Å². The number of aliphatic hydroxyl groups is 3. The SMILES string of the molecule is N#C[C@@]1(c2cc(F)c3c(N)ncnn23)O[C@@](CO)(C(F)F)[C@@H](O)[C@H]1O. The average molecular weight is 359 g/mol. The number of ether oxygens (including phenoxy) is 1. The molecule has 134 valence electrons.